The van der Waals surface area contributed by atoms with E-state index in [1.807, 2.05) is 47.6 Å². The van der Waals surface area contributed by atoms with Gasteiger partial charge in [0, 0.05) is 22.7 Å². The maximum Gasteiger partial charge on any atom is 0.246 e. The molecule has 3 aliphatic heterocycles. The minimum absolute atomic E-state index is 0.0531. The monoisotopic (exact) mass is 579 g/mol. The van der Waals surface area contributed by atoms with Gasteiger partial charge in [-0.1, -0.05) is 71.6 Å². The van der Waals surface area contributed by atoms with Crippen LogP contribution in [-0.4, -0.2) is 58.7 Å². The lowest BCUT2D eigenvalue weighted by Crippen LogP contribution is -2.61. The Kier molecular flexibility index (Phi) is 7.77. The third kappa shape index (κ3) is 4.73. The van der Waals surface area contributed by atoms with Crippen LogP contribution in [0.15, 0.2) is 41.3 Å². The predicted octanol–water partition coefficient (Wildman–Crippen LogP) is 5.26. The number of nitrogens with one attached hydrogen (secondary N) is 2. The van der Waals surface area contributed by atoms with E-state index in [0.29, 0.717) is 23.4 Å². The lowest BCUT2D eigenvalue weighted by atomic mass is 9.73. The van der Waals surface area contributed by atoms with Gasteiger partial charge in [0.2, 0.25) is 17.7 Å². The fourth-order valence-electron chi connectivity index (χ4n) is 8.48. The van der Waals surface area contributed by atoms with Crippen molar-refractivity contribution in [2.24, 2.45) is 35.5 Å². The summed E-state index contributed by atoms with van der Waals surface area (Å²) in [6.07, 6.45) is 11.6. The molecule has 8 heteroatoms. The maximum atomic E-state index is 14.6. The number of amides is 3. The number of anilines is 1. The van der Waals surface area contributed by atoms with Gasteiger partial charge in [-0.2, -0.15) is 0 Å². The van der Waals surface area contributed by atoms with Crippen LogP contribution in [0.4, 0.5) is 5.69 Å². The molecule has 2 N–H and O–H groups in total. The van der Waals surface area contributed by atoms with Crippen LogP contribution in [-0.2, 0) is 19.1 Å². The highest BCUT2D eigenvalue weighted by Crippen LogP contribution is 2.57. The molecular formula is C33H45N3O4S. The number of nitrogens with zero attached hydrogens (tertiary/aromatic N) is 1. The average molecular weight is 580 g/mol. The fourth-order valence-corrected chi connectivity index (χ4v) is 8.94. The summed E-state index contributed by atoms with van der Waals surface area (Å²) in [5.41, 5.74) is -0.423. The van der Waals surface area contributed by atoms with E-state index in [9.17, 15) is 14.4 Å². The molecule has 3 heterocycles. The minimum Gasteiger partial charge on any atom is -0.359 e. The molecule has 11 atom stereocenters. The van der Waals surface area contributed by atoms with Crippen LogP contribution in [0.1, 0.15) is 66.2 Å². The zero-order valence-electron chi connectivity index (χ0n) is 25.0. The summed E-state index contributed by atoms with van der Waals surface area (Å²) in [6, 6.07) is 6.98. The molecule has 1 aromatic carbocycles. The van der Waals surface area contributed by atoms with Crippen molar-refractivity contribution in [2.75, 3.05) is 11.6 Å². The maximum absolute atomic E-state index is 14.6. The molecule has 4 fully saturated rings. The Morgan fingerprint density at radius 1 is 1.00 bits per heavy atom. The first-order chi connectivity index (χ1) is 19.7. The van der Waals surface area contributed by atoms with Gasteiger partial charge in [-0.15, -0.1) is 11.8 Å². The number of likely N-dealkylation sites (tertiary alicyclic amines) is 1. The highest BCUT2D eigenvalue weighted by atomic mass is 32.2. The first-order valence-electron chi connectivity index (χ1n) is 15.6. The lowest BCUT2D eigenvalue weighted by molar-refractivity contribution is -0.146. The first-order valence-corrected chi connectivity index (χ1v) is 16.8. The number of hydrogen-bond donors (Lipinski definition) is 2. The summed E-state index contributed by atoms with van der Waals surface area (Å²) < 4.78 is 6.63. The van der Waals surface area contributed by atoms with Crippen molar-refractivity contribution < 1.29 is 19.1 Å². The normalized spacial score (nSPS) is 41.4. The number of thioether (sulfide) groups is 1. The van der Waals surface area contributed by atoms with E-state index < -0.39 is 29.6 Å². The number of ether oxygens (including phenoxy) is 1. The molecule has 2 aliphatic carbocycles. The van der Waals surface area contributed by atoms with E-state index in [1.54, 1.807) is 11.8 Å². The average Bonchev–Trinajstić information content (AvgIpc) is 3.60. The molecule has 2 saturated heterocycles. The van der Waals surface area contributed by atoms with Crippen LogP contribution in [0.2, 0.25) is 0 Å². The van der Waals surface area contributed by atoms with Gasteiger partial charge < -0.3 is 20.3 Å². The van der Waals surface area contributed by atoms with Crippen molar-refractivity contribution >= 4 is 35.2 Å². The van der Waals surface area contributed by atoms with E-state index >= 15 is 0 Å². The van der Waals surface area contributed by atoms with Crippen LogP contribution in [0.5, 0.6) is 0 Å². The molecule has 3 amide bonds. The molecule has 1 spiro atoms. The third-order valence-electron chi connectivity index (χ3n) is 11.3. The molecule has 6 rings (SSSR count). The van der Waals surface area contributed by atoms with Crippen molar-refractivity contribution in [3.8, 4) is 0 Å². The Morgan fingerprint density at radius 2 is 1.73 bits per heavy atom. The Hall–Kier alpha value is -2.32. The summed E-state index contributed by atoms with van der Waals surface area (Å²) in [6.45, 7) is 8.95. The summed E-state index contributed by atoms with van der Waals surface area (Å²) in [5, 5.41) is 6.46. The molecule has 0 aromatic heterocycles. The molecule has 2 saturated carbocycles. The Balaban J connectivity index is 1.34. The Labute approximate surface area is 248 Å². The molecule has 5 aliphatic rings. The van der Waals surface area contributed by atoms with Gasteiger partial charge in [0.25, 0.3) is 0 Å². The number of benzene rings is 1. The van der Waals surface area contributed by atoms with Crippen molar-refractivity contribution in [3.63, 3.8) is 0 Å². The zero-order chi connectivity index (χ0) is 29.1. The van der Waals surface area contributed by atoms with Crippen LogP contribution in [0, 0.1) is 35.5 Å². The largest absolute Gasteiger partial charge is 0.359 e. The van der Waals surface area contributed by atoms with E-state index in [0.717, 1.165) is 37.0 Å². The summed E-state index contributed by atoms with van der Waals surface area (Å²) in [5.74, 6) is -0.239. The van der Waals surface area contributed by atoms with Crippen molar-refractivity contribution in [2.45, 2.75) is 101 Å². The minimum atomic E-state index is -1.13. The smallest absolute Gasteiger partial charge is 0.246 e. The van der Waals surface area contributed by atoms with Gasteiger partial charge in [0.15, 0.2) is 0 Å². The zero-order valence-corrected chi connectivity index (χ0v) is 25.8. The summed E-state index contributed by atoms with van der Waals surface area (Å²) >= 11 is 1.61. The molecule has 7 nitrogen and oxygen atoms in total. The van der Waals surface area contributed by atoms with Gasteiger partial charge in [-0.3, -0.25) is 14.4 Å². The third-order valence-corrected chi connectivity index (χ3v) is 12.0. The van der Waals surface area contributed by atoms with Gasteiger partial charge in [0.05, 0.1) is 17.9 Å². The number of carbonyl (C=O) groups excluding carboxylic acids is 3. The second kappa shape index (κ2) is 11.1. The summed E-state index contributed by atoms with van der Waals surface area (Å²) in [4.78, 5) is 45.7. The molecule has 1 aromatic rings. The van der Waals surface area contributed by atoms with Crippen LogP contribution in [0.25, 0.3) is 0 Å². The van der Waals surface area contributed by atoms with E-state index in [2.05, 4.69) is 38.3 Å². The lowest BCUT2D eigenvalue weighted by Gasteiger charge is -2.44. The second-order valence-corrected chi connectivity index (χ2v) is 14.3. The molecule has 0 radical (unpaired) electrons. The first kappa shape index (κ1) is 28.8. The Bertz CT molecular complexity index is 1240. The van der Waals surface area contributed by atoms with E-state index in [1.165, 1.54) is 6.42 Å². The van der Waals surface area contributed by atoms with Crippen molar-refractivity contribution in [3.05, 3.63) is 36.4 Å². The number of fused-ring (bicyclic) bond motifs is 1. The number of carbonyl (C=O) groups is 3. The SMILES string of the molecule is CSc1cccc(NC(=O)C2C3C=CC4(O3)C2C(=O)N(C2CCCC(C)C2C)C4C(=O)NC2CCCC(C)C2C)c1. The standard InChI is InChI=1S/C33H45N3O4S/c1-18-9-6-13-24(20(18)3)35-31(38)29-33-16-15-26(40-33)27(30(37)34-22-11-8-12-23(17-22)41-5)28(33)32(39)36(29)25-14-7-10-19(2)21(25)4/h8,11-12,15-21,24-29H,6-7,9-10,13-14H2,1-5H3,(H,34,37)(H,35,38). The summed E-state index contributed by atoms with van der Waals surface area (Å²) in [7, 11) is 0. The molecular weight excluding hydrogens is 534 g/mol. The van der Waals surface area contributed by atoms with Crippen molar-refractivity contribution in [1.29, 1.82) is 0 Å². The van der Waals surface area contributed by atoms with Crippen LogP contribution >= 0.6 is 11.8 Å². The number of hydrogen-bond acceptors (Lipinski definition) is 5. The Morgan fingerprint density at radius 3 is 2.49 bits per heavy atom. The highest BCUT2D eigenvalue weighted by molar-refractivity contribution is 7.98. The van der Waals surface area contributed by atoms with Crippen LogP contribution in [0.3, 0.4) is 0 Å². The second-order valence-electron chi connectivity index (χ2n) is 13.4. The quantitative estimate of drug-likeness (QED) is 0.355. The van der Waals surface area contributed by atoms with Gasteiger partial charge >= 0.3 is 0 Å². The highest BCUT2D eigenvalue weighted by Gasteiger charge is 2.73. The molecule has 41 heavy (non-hydrogen) atoms. The van der Waals surface area contributed by atoms with Gasteiger partial charge in [-0.25, -0.2) is 0 Å². The molecule has 222 valence electrons. The number of rotatable bonds is 6. The topological polar surface area (TPSA) is 87.7 Å². The predicted molar refractivity (Wildman–Crippen MR) is 161 cm³/mol. The molecule has 2 bridgehead atoms. The van der Waals surface area contributed by atoms with Gasteiger partial charge in [0.1, 0.15) is 11.6 Å². The fraction of sp³-hybridized carbons (Fsp3) is 0.667. The van der Waals surface area contributed by atoms with E-state index in [4.69, 9.17) is 4.74 Å². The van der Waals surface area contributed by atoms with Gasteiger partial charge in [-0.05, 0) is 61.0 Å². The van der Waals surface area contributed by atoms with Crippen molar-refractivity contribution in [1.82, 2.24) is 10.2 Å². The molecule has 11 unspecified atom stereocenters. The van der Waals surface area contributed by atoms with Crippen LogP contribution < -0.4 is 10.6 Å². The van der Waals surface area contributed by atoms with E-state index in [-0.39, 0.29) is 35.7 Å².